The minimum Gasteiger partial charge on any atom is -0.248 e. The van der Waals surface area contributed by atoms with E-state index in [-0.39, 0.29) is 0 Å². The normalized spacial score (nSPS) is 12.1. The molecule has 10 aromatic rings. The summed E-state index contributed by atoms with van der Waals surface area (Å²) < 4.78 is 0. The summed E-state index contributed by atoms with van der Waals surface area (Å²) in [6.07, 6.45) is 0. The zero-order valence-electron chi connectivity index (χ0n) is 37.0. The molecule has 0 spiro atoms. The van der Waals surface area contributed by atoms with E-state index in [0.29, 0.717) is 0 Å². The molecule has 10 rings (SSSR count). The number of pyridine rings is 1. The van der Waals surface area contributed by atoms with Gasteiger partial charge < -0.3 is 0 Å². The number of benzene rings is 9. The van der Waals surface area contributed by atoms with E-state index >= 15 is 0 Å². The van der Waals surface area contributed by atoms with Gasteiger partial charge in [0.25, 0.3) is 0 Å². The van der Waals surface area contributed by atoms with Crippen molar-refractivity contribution in [2.45, 2.75) is 59.9 Å². The Hall–Kier alpha value is -7.17. The van der Waals surface area contributed by atoms with Crippen LogP contribution in [-0.4, -0.2) is 4.98 Å². The molecule has 3 heteroatoms. The van der Waals surface area contributed by atoms with Gasteiger partial charge in [-0.05, 0) is 152 Å². The van der Waals surface area contributed by atoms with Crippen LogP contribution in [0.1, 0.15) is 16.7 Å². The van der Waals surface area contributed by atoms with Gasteiger partial charge in [-0.2, -0.15) is 0 Å². The van der Waals surface area contributed by atoms with Gasteiger partial charge in [-0.15, -0.1) is 20.1 Å². The van der Waals surface area contributed by atoms with Gasteiger partial charge in [0.2, 0.25) is 0 Å². The standard InChI is InChI=1S/C62H51NS2/c1-46-40-47(2)62(48(3)41-46)51-44-60(49-24-22-38-58(42-49)64(52-26-10-4-11-27-52,53-28-12-5-13-29-53)54-30-14-6-15-31-54)63-61(45-51)50-25-23-39-59(43-50)65(55-32-16-7-17-33-55,56-34-18-8-19-35-56)57-36-20-9-21-37-57/h4-45H,1-3H3. The van der Waals surface area contributed by atoms with E-state index < -0.39 is 20.1 Å². The van der Waals surface area contributed by atoms with Crippen LogP contribution in [0.4, 0.5) is 0 Å². The molecule has 0 aliphatic heterocycles. The van der Waals surface area contributed by atoms with Crippen LogP contribution in [0.2, 0.25) is 0 Å². The van der Waals surface area contributed by atoms with E-state index in [4.69, 9.17) is 4.98 Å². The van der Waals surface area contributed by atoms with E-state index in [2.05, 4.69) is 276 Å². The van der Waals surface area contributed by atoms with Gasteiger partial charge in [-0.1, -0.05) is 151 Å². The first-order chi connectivity index (χ1) is 32.0. The zero-order chi connectivity index (χ0) is 44.2. The lowest BCUT2D eigenvalue weighted by Gasteiger charge is -2.42. The molecule has 0 saturated heterocycles. The molecule has 0 bridgehead atoms. The largest absolute Gasteiger partial charge is 0.248 e. The van der Waals surface area contributed by atoms with Crippen LogP contribution in [0.3, 0.4) is 0 Å². The fraction of sp³-hybridized carbons (Fsp3) is 0.0484. The molecule has 0 amide bonds. The topological polar surface area (TPSA) is 12.9 Å². The molecule has 0 aliphatic rings. The fourth-order valence-corrected chi connectivity index (χ4v) is 17.5. The molecule has 0 saturated carbocycles. The monoisotopic (exact) mass is 873 g/mol. The van der Waals surface area contributed by atoms with Gasteiger partial charge in [-0.25, -0.2) is 4.98 Å². The van der Waals surface area contributed by atoms with Crippen molar-refractivity contribution in [3.8, 4) is 33.6 Å². The number of aryl methyl sites for hydroxylation is 3. The molecule has 1 nitrogen and oxygen atoms in total. The second-order valence-corrected chi connectivity index (χ2v) is 22.8. The molecule has 0 N–H and O–H groups in total. The molecule has 9 aromatic carbocycles. The van der Waals surface area contributed by atoms with Gasteiger partial charge in [-0.3, -0.25) is 0 Å². The summed E-state index contributed by atoms with van der Waals surface area (Å²) in [6, 6.07) is 94.1. The van der Waals surface area contributed by atoms with E-state index in [1.54, 1.807) is 0 Å². The molecule has 0 aliphatic carbocycles. The van der Waals surface area contributed by atoms with Crippen LogP contribution in [-0.2, 0) is 0 Å². The van der Waals surface area contributed by atoms with Crippen molar-refractivity contribution < 1.29 is 0 Å². The molecule has 1 aromatic heterocycles. The van der Waals surface area contributed by atoms with Crippen LogP contribution in [0.15, 0.2) is 294 Å². The average Bonchev–Trinajstić information content (AvgIpc) is 3.36. The predicted octanol–water partition coefficient (Wildman–Crippen LogP) is 17.7. The van der Waals surface area contributed by atoms with Crippen LogP contribution >= 0.6 is 20.1 Å². The van der Waals surface area contributed by atoms with Crippen molar-refractivity contribution in [2.24, 2.45) is 0 Å². The lowest BCUT2D eigenvalue weighted by Crippen LogP contribution is -2.05. The Morgan fingerprint density at radius 3 is 0.831 bits per heavy atom. The van der Waals surface area contributed by atoms with Gasteiger partial charge in [0.15, 0.2) is 0 Å². The third kappa shape index (κ3) is 7.71. The van der Waals surface area contributed by atoms with Crippen molar-refractivity contribution in [3.05, 3.63) is 271 Å². The predicted molar refractivity (Wildman–Crippen MR) is 275 cm³/mol. The first kappa shape index (κ1) is 41.8. The Labute approximate surface area is 387 Å². The van der Waals surface area contributed by atoms with Crippen LogP contribution in [0, 0.1) is 20.8 Å². The SMILES string of the molecule is Cc1cc(C)c(-c2cc(-c3cccc(S(c4ccccc4)(c4ccccc4)c4ccccc4)c3)nc(-c3cccc(S(c4ccccc4)(c4ccccc4)c4ccccc4)c3)c2)c(C)c1. The minimum absolute atomic E-state index is 0.944. The number of nitrogens with zero attached hydrogens (tertiary/aromatic N) is 1. The van der Waals surface area contributed by atoms with Crippen molar-refractivity contribution >= 4 is 20.1 Å². The molecule has 0 unspecified atom stereocenters. The summed E-state index contributed by atoms with van der Waals surface area (Å²) >= 11 is 0. The lowest BCUT2D eigenvalue weighted by atomic mass is 9.92. The molecule has 0 atom stereocenters. The Bertz CT molecular complexity index is 2800. The van der Waals surface area contributed by atoms with Crippen LogP contribution < -0.4 is 0 Å². The minimum atomic E-state index is -1.91. The highest BCUT2D eigenvalue weighted by molar-refractivity contribution is 8.34. The Morgan fingerprint density at radius 2 is 0.538 bits per heavy atom. The molecule has 1 heterocycles. The highest BCUT2D eigenvalue weighted by Gasteiger charge is 2.35. The van der Waals surface area contributed by atoms with Gasteiger partial charge in [0.1, 0.15) is 0 Å². The smallest absolute Gasteiger partial charge is 0.0716 e. The third-order valence-electron chi connectivity index (χ3n) is 12.3. The second kappa shape index (κ2) is 18.1. The molecular formula is C62H51NS2. The summed E-state index contributed by atoms with van der Waals surface area (Å²) in [7, 11) is -3.82. The summed E-state index contributed by atoms with van der Waals surface area (Å²) in [4.78, 5) is 16.0. The molecule has 65 heavy (non-hydrogen) atoms. The molecular weight excluding hydrogens is 823 g/mol. The average molecular weight is 874 g/mol. The molecule has 316 valence electrons. The van der Waals surface area contributed by atoms with Gasteiger partial charge in [0.05, 0.1) is 11.4 Å². The first-order valence-electron chi connectivity index (χ1n) is 22.2. The van der Waals surface area contributed by atoms with E-state index in [0.717, 1.165) is 28.1 Å². The van der Waals surface area contributed by atoms with Crippen molar-refractivity contribution in [1.82, 2.24) is 4.98 Å². The number of hydrogen-bond acceptors (Lipinski definition) is 1. The summed E-state index contributed by atoms with van der Waals surface area (Å²) in [5.74, 6) is 0. The molecule has 0 fully saturated rings. The highest BCUT2D eigenvalue weighted by Crippen LogP contribution is 2.74. The first-order valence-corrected chi connectivity index (χ1v) is 25.5. The van der Waals surface area contributed by atoms with Gasteiger partial charge >= 0.3 is 0 Å². The summed E-state index contributed by atoms with van der Waals surface area (Å²) in [6.45, 7) is 6.67. The van der Waals surface area contributed by atoms with Crippen LogP contribution in [0.5, 0.6) is 0 Å². The highest BCUT2D eigenvalue weighted by atomic mass is 32.3. The third-order valence-corrected chi connectivity index (χ3v) is 20.1. The Morgan fingerprint density at radius 1 is 0.262 bits per heavy atom. The van der Waals surface area contributed by atoms with Crippen LogP contribution in [0.25, 0.3) is 33.6 Å². The quantitative estimate of drug-likeness (QED) is 0.126. The lowest BCUT2D eigenvalue weighted by molar-refractivity contribution is 1.23. The van der Waals surface area contributed by atoms with Gasteiger partial charge in [0, 0.05) is 50.3 Å². The maximum atomic E-state index is 5.68. The number of hydrogen-bond donors (Lipinski definition) is 0. The maximum absolute atomic E-state index is 5.68. The summed E-state index contributed by atoms with van der Waals surface area (Å²) in [5.41, 5.74) is 10.3. The van der Waals surface area contributed by atoms with E-state index in [9.17, 15) is 0 Å². The Kier molecular flexibility index (Phi) is 11.7. The summed E-state index contributed by atoms with van der Waals surface area (Å²) in [5, 5.41) is 0. The Balaban J connectivity index is 1.22. The fourth-order valence-electron chi connectivity index (χ4n) is 9.68. The van der Waals surface area contributed by atoms with Crippen molar-refractivity contribution in [1.29, 1.82) is 0 Å². The van der Waals surface area contributed by atoms with E-state index in [1.165, 1.54) is 61.4 Å². The maximum Gasteiger partial charge on any atom is 0.0716 e. The van der Waals surface area contributed by atoms with E-state index in [1.807, 2.05) is 0 Å². The molecule has 0 radical (unpaired) electrons. The number of rotatable bonds is 11. The number of aromatic nitrogens is 1. The zero-order valence-corrected chi connectivity index (χ0v) is 38.6. The van der Waals surface area contributed by atoms with Crippen molar-refractivity contribution in [2.75, 3.05) is 0 Å². The van der Waals surface area contributed by atoms with Crippen molar-refractivity contribution in [3.63, 3.8) is 0 Å². The second-order valence-electron chi connectivity index (χ2n) is 16.6.